The van der Waals surface area contributed by atoms with Gasteiger partial charge in [0.2, 0.25) is 0 Å². The van der Waals surface area contributed by atoms with Crippen molar-refractivity contribution in [3.63, 3.8) is 0 Å². The molecule has 2 heteroatoms. The number of halogens is 1. The second-order valence-electron chi connectivity index (χ2n) is 3.40. The molecule has 13 heavy (non-hydrogen) atoms. The van der Waals surface area contributed by atoms with Crippen LogP contribution < -0.4 is 5.32 Å². The van der Waals surface area contributed by atoms with Crippen molar-refractivity contribution in [1.82, 2.24) is 0 Å². The monoisotopic (exact) mass is 181 g/mol. The summed E-state index contributed by atoms with van der Waals surface area (Å²) in [6, 6.07) is 6.57. The van der Waals surface area contributed by atoms with Gasteiger partial charge in [0.05, 0.1) is 0 Å². The summed E-state index contributed by atoms with van der Waals surface area (Å²) >= 11 is 0. The van der Waals surface area contributed by atoms with Crippen LogP contribution in [0.2, 0.25) is 0 Å². The number of hydrogen-bond donors (Lipinski definition) is 1. The van der Waals surface area contributed by atoms with E-state index in [1.54, 1.807) is 6.07 Å². The molecule has 1 unspecified atom stereocenters. The Bertz CT molecular complexity index is 260. The molecule has 1 rings (SSSR count). The Kier molecular flexibility index (Phi) is 3.74. The van der Waals surface area contributed by atoms with Crippen molar-refractivity contribution < 1.29 is 4.39 Å². The minimum atomic E-state index is -0.186. The van der Waals surface area contributed by atoms with Crippen LogP contribution in [0.1, 0.15) is 20.3 Å². The Balaban J connectivity index is 2.45. The summed E-state index contributed by atoms with van der Waals surface area (Å²) in [6.45, 7) is 5.23. The third-order valence-electron chi connectivity index (χ3n) is 2.18. The van der Waals surface area contributed by atoms with Gasteiger partial charge in [-0.25, -0.2) is 4.39 Å². The summed E-state index contributed by atoms with van der Waals surface area (Å²) in [5.74, 6) is 0.442. The van der Waals surface area contributed by atoms with E-state index in [1.165, 1.54) is 12.1 Å². The van der Waals surface area contributed by atoms with Gasteiger partial charge < -0.3 is 5.32 Å². The van der Waals surface area contributed by atoms with Crippen LogP contribution in [0.4, 0.5) is 10.1 Å². The fourth-order valence-electron chi connectivity index (χ4n) is 1.03. The zero-order valence-electron chi connectivity index (χ0n) is 8.18. The molecule has 0 fully saturated rings. The van der Waals surface area contributed by atoms with Crippen molar-refractivity contribution in [2.45, 2.75) is 20.3 Å². The number of benzene rings is 1. The normalized spacial score (nSPS) is 12.5. The molecule has 1 N–H and O–H groups in total. The Labute approximate surface area is 79.0 Å². The molecule has 1 aromatic carbocycles. The summed E-state index contributed by atoms with van der Waals surface area (Å²) in [5, 5.41) is 3.20. The third-order valence-corrected chi connectivity index (χ3v) is 2.18. The Hall–Kier alpha value is -1.05. The lowest BCUT2D eigenvalue weighted by Crippen LogP contribution is -2.10. The maximum Gasteiger partial charge on any atom is 0.125 e. The quantitative estimate of drug-likeness (QED) is 0.751. The molecular formula is C11H16FN. The molecule has 0 aliphatic heterocycles. The Morgan fingerprint density at radius 3 is 2.85 bits per heavy atom. The molecule has 0 aliphatic rings. The first-order valence-electron chi connectivity index (χ1n) is 4.71. The van der Waals surface area contributed by atoms with Crippen molar-refractivity contribution >= 4 is 5.69 Å². The largest absolute Gasteiger partial charge is 0.385 e. The van der Waals surface area contributed by atoms with Crippen LogP contribution in [-0.4, -0.2) is 6.54 Å². The average molecular weight is 181 g/mol. The molecule has 0 aromatic heterocycles. The van der Waals surface area contributed by atoms with Crippen molar-refractivity contribution in [2.24, 2.45) is 5.92 Å². The molecule has 0 saturated carbocycles. The number of rotatable bonds is 4. The lowest BCUT2D eigenvalue weighted by Gasteiger charge is -2.10. The highest BCUT2D eigenvalue weighted by molar-refractivity contribution is 5.42. The van der Waals surface area contributed by atoms with Crippen LogP contribution >= 0.6 is 0 Å². The number of hydrogen-bond acceptors (Lipinski definition) is 1. The molecule has 1 aromatic rings. The van der Waals surface area contributed by atoms with Crippen LogP contribution in [0.3, 0.4) is 0 Å². The van der Waals surface area contributed by atoms with E-state index in [-0.39, 0.29) is 5.82 Å². The summed E-state index contributed by atoms with van der Waals surface area (Å²) in [7, 11) is 0. The molecule has 0 bridgehead atoms. The van der Waals surface area contributed by atoms with E-state index in [0.717, 1.165) is 18.7 Å². The first-order chi connectivity index (χ1) is 6.22. The highest BCUT2D eigenvalue weighted by Gasteiger charge is 1.98. The van der Waals surface area contributed by atoms with Gasteiger partial charge in [0.15, 0.2) is 0 Å². The Morgan fingerprint density at radius 2 is 2.23 bits per heavy atom. The van der Waals surface area contributed by atoms with Gasteiger partial charge in [-0.3, -0.25) is 0 Å². The van der Waals surface area contributed by atoms with E-state index in [2.05, 4.69) is 19.2 Å². The standard InChI is InChI=1S/C11H16FN/c1-3-9(2)8-13-11-6-4-5-10(12)7-11/h4-7,9,13H,3,8H2,1-2H3. The lowest BCUT2D eigenvalue weighted by atomic mass is 10.1. The van der Waals surface area contributed by atoms with E-state index in [1.807, 2.05) is 6.07 Å². The van der Waals surface area contributed by atoms with Gasteiger partial charge in [-0.05, 0) is 24.1 Å². The van der Waals surface area contributed by atoms with Gasteiger partial charge >= 0.3 is 0 Å². The maximum atomic E-state index is 12.7. The molecule has 0 radical (unpaired) electrons. The van der Waals surface area contributed by atoms with Gasteiger partial charge in [-0.15, -0.1) is 0 Å². The first kappa shape index (κ1) is 10.0. The van der Waals surface area contributed by atoms with Crippen LogP contribution in [0.5, 0.6) is 0 Å². The number of anilines is 1. The molecule has 0 spiro atoms. The summed E-state index contributed by atoms with van der Waals surface area (Å²) in [4.78, 5) is 0. The van der Waals surface area contributed by atoms with Crippen LogP contribution in [0.25, 0.3) is 0 Å². The van der Waals surface area contributed by atoms with E-state index < -0.39 is 0 Å². The smallest absolute Gasteiger partial charge is 0.125 e. The van der Waals surface area contributed by atoms with Crippen molar-refractivity contribution in [3.8, 4) is 0 Å². The van der Waals surface area contributed by atoms with E-state index in [9.17, 15) is 4.39 Å². The van der Waals surface area contributed by atoms with Gasteiger partial charge in [0, 0.05) is 12.2 Å². The predicted octanol–water partition coefficient (Wildman–Crippen LogP) is 3.28. The van der Waals surface area contributed by atoms with Crippen molar-refractivity contribution in [3.05, 3.63) is 30.1 Å². The molecule has 0 aliphatic carbocycles. The lowest BCUT2D eigenvalue weighted by molar-refractivity contribution is 0.592. The average Bonchev–Trinajstić information content (AvgIpc) is 2.14. The molecule has 1 atom stereocenters. The van der Waals surface area contributed by atoms with Crippen LogP contribution in [0.15, 0.2) is 24.3 Å². The fraction of sp³-hybridized carbons (Fsp3) is 0.455. The van der Waals surface area contributed by atoms with E-state index >= 15 is 0 Å². The SMILES string of the molecule is CCC(C)CNc1cccc(F)c1. The summed E-state index contributed by atoms with van der Waals surface area (Å²) < 4.78 is 12.7. The van der Waals surface area contributed by atoms with E-state index in [0.29, 0.717) is 5.92 Å². The zero-order valence-corrected chi connectivity index (χ0v) is 8.18. The minimum absolute atomic E-state index is 0.186. The zero-order chi connectivity index (χ0) is 9.68. The summed E-state index contributed by atoms with van der Waals surface area (Å²) in [6.07, 6.45) is 1.14. The van der Waals surface area contributed by atoms with Gasteiger partial charge in [0.1, 0.15) is 5.82 Å². The molecule has 0 heterocycles. The van der Waals surface area contributed by atoms with Gasteiger partial charge in [-0.1, -0.05) is 26.3 Å². The highest BCUT2D eigenvalue weighted by Crippen LogP contribution is 2.10. The maximum absolute atomic E-state index is 12.7. The second-order valence-corrected chi connectivity index (χ2v) is 3.40. The van der Waals surface area contributed by atoms with E-state index in [4.69, 9.17) is 0 Å². The number of nitrogens with one attached hydrogen (secondary N) is 1. The first-order valence-corrected chi connectivity index (χ1v) is 4.71. The van der Waals surface area contributed by atoms with Gasteiger partial charge in [0.25, 0.3) is 0 Å². The molecule has 0 saturated heterocycles. The Morgan fingerprint density at radius 1 is 1.46 bits per heavy atom. The summed E-state index contributed by atoms with van der Waals surface area (Å²) in [5.41, 5.74) is 0.861. The van der Waals surface area contributed by atoms with Crippen molar-refractivity contribution in [2.75, 3.05) is 11.9 Å². The molecule has 0 amide bonds. The second kappa shape index (κ2) is 4.85. The van der Waals surface area contributed by atoms with Crippen LogP contribution in [0, 0.1) is 11.7 Å². The van der Waals surface area contributed by atoms with Crippen molar-refractivity contribution in [1.29, 1.82) is 0 Å². The fourth-order valence-corrected chi connectivity index (χ4v) is 1.03. The third kappa shape index (κ3) is 3.45. The van der Waals surface area contributed by atoms with Crippen LogP contribution in [-0.2, 0) is 0 Å². The molecular weight excluding hydrogens is 165 g/mol. The minimum Gasteiger partial charge on any atom is -0.385 e. The highest BCUT2D eigenvalue weighted by atomic mass is 19.1. The van der Waals surface area contributed by atoms with Gasteiger partial charge in [-0.2, -0.15) is 0 Å². The molecule has 72 valence electrons. The topological polar surface area (TPSA) is 12.0 Å². The predicted molar refractivity (Wildman–Crippen MR) is 54.3 cm³/mol. The molecule has 1 nitrogen and oxygen atoms in total.